The van der Waals surface area contributed by atoms with Gasteiger partial charge in [-0.25, -0.2) is 8.42 Å². The van der Waals surface area contributed by atoms with Crippen LogP contribution in [0.3, 0.4) is 0 Å². The van der Waals surface area contributed by atoms with Crippen molar-refractivity contribution in [1.29, 1.82) is 0 Å². The summed E-state index contributed by atoms with van der Waals surface area (Å²) >= 11 is 0. The quantitative estimate of drug-likeness (QED) is 0.806. The molecule has 112 valence electrons. The fourth-order valence-electron chi connectivity index (χ4n) is 1.77. The van der Waals surface area contributed by atoms with Crippen molar-refractivity contribution in [2.24, 2.45) is 0 Å². The molecular formula is C13H19N2O4S-. The van der Waals surface area contributed by atoms with Crippen molar-refractivity contribution >= 4 is 21.8 Å². The molecule has 0 saturated heterocycles. The van der Waals surface area contributed by atoms with Gasteiger partial charge in [-0.1, -0.05) is 26.0 Å². The lowest BCUT2D eigenvalue weighted by Gasteiger charge is -2.15. The van der Waals surface area contributed by atoms with Crippen molar-refractivity contribution in [2.75, 3.05) is 17.5 Å². The molecular weight excluding hydrogens is 280 g/mol. The normalized spacial score (nSPS) is 11.4. The minimum atomic E-state index is -3.38. The van der Waals surface area contributed by atoms with Gasteiger partial charge in [0.2, 0.25) is 10.0 Å². The Hall–Kier alpha value is -1.76. The molecule has 7 heteroatoms. The number of hydrogen-bond acceptors (Lipinski definition) is 4. The SMILES string of the molecule is CC(C)c1ccc(CCNC(=O)[O-])c(NS(C)(=O)=O)c1. The fraction of sp³-hybridized carbons (Fsp3) is 0.462. The summed E-state index contributed by atoms with van der Waals surface area (Å²) in [6.45, 7) is 4.19. The monoisotopic (exact) mass is 299 g/mol. The van der Waals surface area contributed by atoms with E-state index >= 15 is 0 Å². The van der Waals surface area contributed by atoms with Gasteiger partial charge in [-0.3, -0.25) is 4.72 Å². The van der Waals surface area contributed by atoms with Crippen LogP contribution in [0.5, 0.6) is 0 Å². The summed E-state index contributed by atoms with van der Waals surface area (Å²) in [7, 11) is -3.38. The van der Waals surface area contributed by atoms with Crippen LogP contribution < -0.4 is 15.1 Å². The molecule has 0 aromatic heterocycles. The van der Waals surface area contributed by atoms with Crippen LogP contribution in [0.25, 0.3) is 0 Å². The molecule has 20 heavy (non-hydrogen) atoms. The molecule has 0 heterocycles. The Kier molecular flexibility index (Phi) is 5.38. The second-order valence-electron chi connectivity index (χ2n) is 4.91. The highest BCUT2D eigenvalue weighted by atomic mass is 32.2. The standard InChI is InChI=1S/C13H20N2O4S/c1-9(2)11-5-4-10(6-7-14-13(16)17)12(8-11)15-20(3,18)19/h4-5,8-9,14-15H,6-7H2,1-3H3,(H,16,17)/p-1. The van der Waals surface area contributed by atoms with Gasteiger partial charge in [0, 0.05) is 6.54 Å². The maximum absolute atomic E-state index is 11.4. The van der Waals surface area contributed by atoms with Crippen LogP contribution in [0.15, 0.2) is 18.2 Å². The average molecular weight is 299 g/mol. The zero-order valence-corrected chi connectivity index (χ0v) is 12.6. The first-order valence-electron chi connectivity index (χ1n) is 6.24. The lowest BCUT2D eigenvalue weighted by Crippen LogP contribution is -2.37. The average Bonchev–Trinajstić information content (AvgIpc) is 2.28. The Morgan fingerprint density at radius 2 is 2.00 bits per heavy atom. The van der Waals surface area contributed by atoms with E-state index in [9.17, 15) is 18.3 Å². The lowest BCUT2D eigenvalue weighted by atomic mass is 9.99. The summed E-state index contributed by atoms with van der Waals surface area (Å²) in [5.74, 6) is 0.269. The third-order valence-corrected chi connectivity index (χ3v) is 3.35. The molecule has 0 fully saturated rings. The van der Waals surface area contributed by atoms with Crippen molar-refractivity contribution in [3.63, 3.8) is 0 Å². The van der Waals surface area contributed by atoms with Gasteiger partial charge in [-0.05, 0) is 29.5 Å². The number of hydrogen-bond donors (Lipinski definition) is 2. The number of carbonyl (C=O) groups excluding carboxylic acids is 1. The fourth-order valence-corrected chi connectivity index (χ4v) is 2.35. The topological polar surface area (TPSA) is 98.3 Å². The van der Waals surface area contributed by atoms with E-state index in [-0.39, 0.29) is 12.5 Å². The Morgan fingerprint density at radius 3 is 2.50 bits per heavy atom. The first-order valence-corrected chi connectivity index (χ1v) is 8.13. The van der Waals surface area contributed by atoms with Crippen molar-refractivity contribution in [2.45, 2.75) is 26.2 Å². The molecule has 0 saturated carbocycles. The molecule has 0 radical (unpaired) electrons. The van der Waals surface area contributed by atoms with E-state index < -0.39 is 16.1 Å². The van der Waals surface area contributed by atoms with E-state index in [4.69, 9.17) is 0 Å². The molecule has 0 aliphatic carbocycles. The lowest BCUT2D eigenvalue weighted by molar-refractivity contribution is -0.250. The summed E-state index contributed by atoms with van der Waals surface area (Å²) in [6.07, 6.45) is 0.115. The molecule has 0 aliphatic rings. The van der Waals surface area contributed by atoms with Gasteiger partial charge >= 0.3 is 0 Å². The number of carbonyl (C=O) groups is 1. The van der Waals surface area contributed by atoms with Crippen LogP contribution in [0.2, 0.25) is 0 Å². The van der Waals surface area contributed by atoms with E-state index in [0.29, 0.717) is 12.1 Å². The van der Waals surface area contributed by atoms with Gasteiger partial charge in [-0.15, -0.1) is 0 Å². The number of amides is 1. The third kappa shape index (κ3) is 5.48. The van der Waals surface area contributed by atoms with Crippen molar-refractivity contribution in [3.8, 4) is 0 Å². The predicted octanol–water partition coefficient (Wildman–Crippen LogP) is 0.657. The first kappa shape index (κ1) is 16.3. The summed E-state index contributed by atoms with van der Waals surface area (Å²) < 4.78 is 25.2. The number of rotatable bonds is 6. The molecule has 6 nitrogen and oxygen atoms in total. The smallest absolute Gasteiger partial charge is 0.229 e. The molecule has 1 aromatic carbocycles. The van der Waals surface area contributed by atoms with E-state index in [1.807, 2.05) is 19.9 Å². The van der Waals surface area contributed by atoms with E-state index in [1.54, 1.807) is 12.1 Å². The van der Waals surface area contributed by atoms with Crippen LogP contribution >= 0.6 is 0 Å². The van der Waals surface area contributed by atoms with E-state index in [0.717, 1.165) is 17.4 Å². The maximum atomic E-state index is 11.4. The summed E-state index contributed by atoms with van der Waals surface area (Å²) in [5, 5.41) is 12.5. The summed E-state index contributed by atoms with van der Waals surface area (Å²) in [6, 6.07) is 5.49. The Bertz CT molecular complexity index is 582. The highest BCUT2D eigenvalue weighted by Gasteiger charge is 2.10. The molecule has 1 aromatic rings. The molecule has 0 spiro atoms. The predicted molar refractivity (Wildman–Crippen MR) is 76.1 cm³/mol. The molecule has 0 bridgehead atoms. The van der Waals surface area contributed by atoms with Gasteiger partial charge < -0.3 is 15.2 Å². The second-order valence-corrected chi connectivity index (χ2v) is 6.66. The zero-order chi connectivity index (χ0) is 15.3. The third-order valence-electron chi connectivity index (χ3n) is 2.76. The van der Waals surface area contributed by atoms with Gasteiger partial charge in [-0.2, -0.15) is 0 Å². The zero-order valence-electron chi connectivity index (χ0n) is 11.8. The van der Waals surface area contributed by atoms with Crippen LogP contribution in [0.1, 0.15) is 30.9 Å². The van der Waals surface area contributed by atoms with Gasteiger partial charge in [0.15, 0.2) is 0 Å². The van der Waals surface area contributed by atoms with Gasteiger partial charge in [0.25, 0.3) is 0 Å². The number of nitrogens with one attached hydrogen (secondary N) is 2. The number of benzene rings is 1. The maximum Gasteiger partial charge on any atom is 0.229 e. The highest BCUT2D eigenvalue weighted by molar-refractivity contribution is 7.92. The minimum Gasteiger partial charge on any atom is -0.530 e. The molecule has 0 unspecified atom stereocenters. The van der Waals surface area contributed by atoms with Crippen molar-refractivity contribution in [1.82, 2.24) is 5.32 Å². The van der Waals surface area contributed by atoms with Crippen LogP contribution in [0, 0.1) is 0 Å². The molecule has 2 N–H and O–H groups in total. The molecule has 0 atom stereocenters. The van der Waals surface area contributed by atoms with Crippen LogP contribution in [-0.4, -0.2) is 27.3 Å². The van der Waals surface area contributed by atoms with Crippen LogP contribution in [-0.2, 0) is 16.4 Å². The first-order chi connectivity index (χ1) is 9.19. The summed E-state index contributed by atoms with van der Waals surface area (Å²) in [5.41, 5.74) is 2.22. The molecule has 1 rings (SSSR count). The summed E-state index contributed by atoms with van der Waals surface area (Å²) in [4.78, 5) is 10.3. The Morgan fingerprint density at radius 1 is 1.35 bits per heavy atom. The van der Waals surface area contributed by atoms with Crippen molar-refractivity contribution in [3.05, 3.63) is 29.3 Å². The van der Waals surface area contributed by atoms with Gasteiger partial charge in [0.1, 0.15) is 6.09 Å². The van der Waals surface area contributed by atoms with Gasteiger partial charge in [0.05, 0.1) is 11.9 Å². The highest BCUT2D eigenvalue weighted by Crippen LogP contribution is 2.24. The molecule has 0 aliphatic heterocycles. The van der Waals surface area contributed by atoms with Crippen molar-refractivity contribution < 1.29 is 18.3 Å². The number of carboxylic acid groups (broad SMARTS) is 1. The molecule has 1 amide bonds. The second kappa shape index (κ2) is 6.60. The minimum absolute atomic E-state index is 0.168. The number of sulfonamides is 1. The Balaban J connectivity index is 2.99. The van der Waals surface area contributed by atoms with E-state index in [2.05, 4.69) is 10.0 Å². The largest absolute Gasteiger partial charge is 0.530 e. The van der Waals surface area contributed by atoms with E-state index in [1.165, 1.54) is 0 Å². The number of anilines is 1. The Labute approximate surface area is 119 Å². The van der Waals surface area contributed by atoms with Crippen LogP contribution in [0.4, 0.5) is 10.5 Å².